The first-order valence-electron chi connectivity index (χ1n) is 9.21. The number of halogens is 1. The van der Waals surface area contributed by atoms with Crippen LogP contribution in [-0.2, 0) is 19.1 Å². The van der Waals surface area contributed by atoms with Gasteiger partial charge in [-0.1, -0.05) is 30.5 Å². The zero-order valence-electron chi connectivity index (χ0n) is 15.5. The predicted molar refractivity (Wildman–Crippen MR) is 102 cm³/mol. The van der Waals surface area contributed by atoms with E-state index in [9.17, 15) is 19.2 Å². The normalized spacial score (nSPS) is 18.9. The molecule has 1 aromatic carbocycles. The zero-order valence-corrected chi connectivity index (χ0v) is 16.3. The van der Waals surface area contributed by atoms with E-state index in [-0.39, 0.29) is 18.9 Å². The van der Waals surface area contributed by atoms with Crippen LogP contribution in [0.5, 0.6) is 0 Å². The van der Waals surface area contributed by atoms with E-state index < -0.39 is 29.6 Å². The molecule has 8 nitrogen and oxygen atoms in total. The van der Waals surface area contributed by atoms with E-state index in [4.69, 9.17) is 16.3 Å². The third-order valence-corrected chi connectivity index (χ3v) is 5.25. The lowest BCUT2D eigenvalue weighted by Crippen LogP contribution is -2.44. The number of benzene rings is 1. The number of ether oxygens (including phenoxy) is 1. The van der Waals surface area contributed by atoms with Gasteiger partial charge in [-0.05, 0) is 38.0 Å². The minimum atomic E-state index is -1.03. The predicted octanol–water partition coefficient (Wildman–Crippen LogP) is 2.46. The van der Waals surface area contributed by atoms with Gasteiger partial charge >= 0.3 is 12.0 Å². The Morgan fingerprint density at radius 2 is 2.04 bits per heavy atom. The number of hydrogen-bond acceptors (Lipinski definition) is 5. The van der Waals surface area contributed by atoms with Crippen molar-refractivity contribution >= 4 is 41.1 Å². The molecule has 2 N–H and O–H groups in total. The molecule has 0 aromatic heterocycles. The van der Waals surface area contributed by atoms with Gasteiger partial charge in [0.1, 0.15) is 5.54 Å². The number of hydrogen-bond donors (Lipinski definition) is 2. The summed E-state index contributed by atoms with van der Waals surface area (Å²) in [6.07, 6.45) is 1.82. The molecule has 1 aromatic rings. The van der Waals surface area contributed by atoms with Crippen LogP contribution < -0.4 is 10.6 Å². The Kier molecular flexibility index (Phi) is 5.88. The van der Waals surface area contributed by atoms with E-state index in [1.165, 1.54) is 6.92 Å². The molecule has 1 aliphatic heterocycles. The molecule has 3 rings (SSSR count). The van der Waals surface area contributed by atoms with Gasteiger partial charge < -0.3 is 15.4 Å². The lowest BCUT2D eigenvalue weighted by molar-refractivity contribution is -0.153. The molecule has 1 aliphatic carbocycles. The van der Waals surface area contributed by atoms with Crippen LogP contribution in [0.25, 0.3) is 0 Å². The number of amides is 4. The molecule has 0 radical (unpaired) electrons. The van der Waals surface area contributed by atoms with Crippen molar-refractivity contribution < 1.29 is 23.9 Å². The number of imide groups is 1. The third kappa shape index (κ3) is 4.27. The SMILES string of the molecule is C[C@@H](OC(=O)CCN1C(=O)NC2(CCCC2)C1=O)C(=O)Nc1cccc(Cl)c1. The van der Waals surface area contributed by atoms with Crippen molar-refractivity contribution in [1.82, 2.24) is 10.2 Å². The third-order valence-electron chi connectivity index (χ3n) is 5.01. The fourth-order valence-electron chi connectivity index (χ4n) is 3.52. The molecular formula is C19H22ClN3O5. The highest BCUT2D eigenvalue weighted by Gasteiger charge is 2.52. The van der Waals surface area contributed by atoms with E-state index in [0.717, 1.165) is 17.7 Å². The second-order valence-electron chi connectivity index (χ2n) is 7.06. The lowest BCUT2D eigenvalue weighted by Gasteiger charge is -2.20. The van der Waals surface area contributed by atoms with Crippen molar-refractivity contribution in [1.29, 1.82) is 0 Å². The molecule has 9 heteroatoms. The Bertz CT molecular complexity index is 807. The number of esters is 1. The fraction of sp³-hybridized carbons (Fsp3) is 0.474. The van der Waals surface area contributed by atoms with Crippen LogP contribution in [0.2, 0.25) is 5.02 Å². The topological polar surface area (TPSA) is 105 Å². The highest BCUT2D eigenvalue weighted by atomic mass is 35.5. The lowest BCUT2D eigenvalue weighted by atomic mass is 9.98. The molecule has 1 spiro atoms. The Morgan fingerprint density at radius 3 is 2.71 bits per heavy atom. The highest BCUT2D eigenvalue weighted by molar-refractivity contribution is 6.30. The summed E-state index contributed by atoms with van der Waals surface area (Å²) in [5.41, 5.74) is -0.313. The van der Waals surface area contributed by atoms with Gasteiger partial charge in [0.05, 0.1) is 6.42 Å². The van der Waals surface area contributed by atoms with Crippen LogP contribution in [0, 0.1) is 0 Å². The van der Waals surface area contributed by atoms with Crippen molar-refractivity contribution in [2.75, 3.05) is 11.9 Å². The van der Waals surface area contributed by atoms with Gasteiger partial charge in [-0.15, -0.1) is 0 Å². The second kappa shape index (κ2) is 8.18. The minimum absolute atomic E-state index is 0.0755. The van der Waals surface area contributed by atoms with Crippen LogP contribution in [-0.4, -0.2) is 46.9 Å². The maximum absolute atomic E-state index is 12.5. The first kappa shape index (κ1) is 20.1. The number of nitrogens with zero attached hydrogens (tertiary/aromatic N) is 1. The van der Waals surface area contributed by atoms with Crippen LogP contribution in [0.1, 0.15) is 39.0 Å². The number of carbonyl (C=O) groups excluding carboxylic acids is 4. The van der Waals surface area contributed by atoms with Crippen LogP contribution >= 0.6 is 11.6 Å². The average Bonchev–Trinajstić information content (AvgIpc) is 3.19. The smallest absolute Gasteiger partial charge is 0.325 e. The number of anilines is 1. The van der Waals surface area contributed by atoms with E-state index in [2.05, 4.69) is 10.6 Å². The van der Waals surface area contributed by atoms with Crippen molar-refractivity contribution in [2.24, 2.45) is 0 Å². The van der Waals surface area contributed by atoms with Crippen molar-refractivity contribution in [3.8, 4) is 0 Å². The summed E-state index contributed by atoms with van der Waals surface area (Å²) in [5, 5.41) is 5.83. The first-order chi connectivity index (χ1) is 13.3. The van der Waals surface area contributed by atoms with E-state index in [1.807, 2.05) is 0 Å². The number of urea groups is 1. The maximum Gasteiger partial charge on any atom is 0.325 e. The molecule has 1 saturated heterocycles. The molecule has 4 amide bonds. The fourth-order valence-corrected chi connectivity index (χ4v) is 3.71. The molecule has 2 fully saturated rings. The van der Waals surface area contributed by atoms with Gasteiger partial charge in [0, 0.05) is 17.3 Å². The molecular weight excluding hydrogens is 386 g/mol. The number of nitrogens with one attached hydrogen (secondary N) is 2. The summed E-state index contributed by atoms with van der Waals surface area (Å²) in [5.74, 6) is -1.45. The van der Waals surface area contributed by atoms with Crippen molar-refractivity contribution in [2.45, 2.75) is 50.7 Å². The summed E-state index contributed by atoms with van der Waals surface area (Å²) in [7, 11) is 0. The zero-order chi connectivity index (χ0) is 20.3. The van der Waals surface area contributed by atoms with Crippen LogP contribution in [0.15, 0.2) is 24.3 Å². The van der Waals surface area contributed by atoms with Crippen LogP contribution in [0.4, 0.5) is 10.5 Å². The summed E-state index contributed by atoms with van der Waals surface area (Å²) >= 11 is 5.86. The van der Waals surface area contributed by atoms with E-state index >= 15 is 0 Å². The van der Waals surface area contributed by atoms with Gasteiger partial charge in [-0.2, -0.15) is 0 Å². The quantitative estimate of drug-likeness (QED) is 0.556. The summed E-state index contributed by atoms with van der Waals surface area (Å²) in [4.78, 5) is 49.9. The molecule has 1 atom stereocenters. The van der Waals surface area contributed by atoms with Crippen LogP contribution in [0.3, 0.4) is 0 Å². The Balaban J connectivity index is 1.48. The van der Waals surface area contributed by atoms with Gasteiger partial charge in [-0.3, -0.25) is 19.3 Å². The number of rotatable bonds is 6. The Hall–Kier alpha value is -2.61. The molecule has 1 saturated carbocycles. The second-order valence-corrected chi connectivity index (χ2v) is 7.49. The summed E-state index contributed by atoms with van der Waals surface area (Å²) in [6, 6.07) is 6.11. The first-order valence-corrected chi connectivity index (χ1v) is 9.58. The molecule has 0 unspecified atom stereocenters. The van der Waals surface area contributed by atoms with Gasteiger partial charge in [-0.25, -0.2) is 4.79 Å². The van der Waals surface area contributed by atoms with Gasteiger partial charge in [0.25, 0.3) is 11.8 Å². The molecule has 150 valence electrons. The summed E-state index contributed by atoms with van der Waals surface area (Å²) in [6.45, 7) is 1.37. The maximum atomic E-state index is 12.5. The van der Waals surface area contributed by atoms with Crippen molar-refractivity contribution in [3.63, 3.8) is 0 Å². The molecule has 1 heterocycles. The minimum Gasteiger partial charge on any atom is -0.452 e. The Morgan fingerprint density at radius 1 is 1.32 bits per heavy atom. The molecule has 2 aliphatic rings. The summed E-state index contributed by atoms with van der Waals surface area (Å²) < 4.78 is 5.11. The van der Waals surface area contributed by atoms with Gasteiger partial charge in [0.2, 0.25) is 0 Å². The van der Waals surface area contributed by atoms with E-state index in [0.29, 0.717) is 23.6 Å². The van der Waals surface area contributed by atoms with E-state index in [1.54, 1.807) is 24.3 Å². The van der Waals surface area contributed by atoms with Gasteiger partial charge in [0.15, 0.2) is 6.10 Å². The monoisotopic (exact) mass is 407 g/mol. The van der Waals surface area contributed by atoms with Crippen molar-refractivity contribution in [3.05, 3.63) is 29.3 Å². The largest absolute Gasteiger partial charge is 0.452 e. The molecule has 28 heavy (non-hydrogen) atoms. The number of carbonyl (C=O) groups is 4. The molecule has 0 bridgehead atoms. The average molecular weight is 408 g/mol. The highest BCUT2D eigenvalue weighted by Crippen LogP contribution is 2.35. The Labute approximate surface area is 167 Å². The standard InChI is InChI=1S/C19H22ClN3O5/c1-12(16(25)21-14-6-4-5-13(20)11-14)28-15(24)7-10-23-17(26)19(22-18(23)27)8-2-3-9-19/h4-6,11-12H,2-3,7-10H2,1H3,(H,21,25)(H,22,27)/t12-/m1/s1.